The normalized spacial score (nSPS) is 16.0. The van der Waals surface area contributed by atoms with Crippen LogP contribution in [0.4, 0.5) is 26.3 Å². The third kappa shape index (κ3) is 7.64. The number of nitrogens with one attached hydrogen (secondary N) is 1. The van der Waals surface area contributed by atoms with Gasteiger partial charge in [-0.3, -0.25) is 4.90 Å². The van der Waals surface area contributed by atoms with Crippen LogP contribution in [0.2, 0.25) is 0 Å². The number of rotatable bonds is 9. The van der Waals surface area contributed by atoms with Gasteiger partial charge in [0.25, 0.3) is 0 Å². The molecule has 0 spiro atoms. The summed E-state index contributed by atoms with van der Waals surface area (Å²) in [4.78, 5) is 2.18. The van der Waals surface area contributed by atoms with Gasteiger partial charge in [-0.2, -0.15) is 13.2 Å². The van der Waals surface area contributed by atoms with E-state index in [0.29, 0.717) is 32.5 Å². The van der Waals surface area contributed by atoms with Gasteiger partial charge >= 0.3 is 12.5 Å². The summed E-state index contributed by atoms with van der Waals surface area (Å²) < 4.78 is 82.1. The zero-order chi connectivity index (χ0) is 26.6. The van der Waals surface area contributed by atoms with Crippen LogP contribution in [0.3, 0.4) is 0 Å². The second kappa shape index (κ2) is 11.3. The fourth-order valence-electron chi connectivity index (χ4n) is 5.05. The van der Waals surface area contributed by atoms with Crippen LogP contribution in [-0.4, -0.2) is 48.7 Å². The number of piperidine rings is 1. The first kappa shape index (κ1) is 27.3. The Morgan fingerprint density at radius 1 is 0.973 bits per heavy atom. The molecule has 0 atom stereocenters. The quantitative estimate of drug-likeness (QED) is 0.241. The number of alkyl halides is 6. The summed E-state index contributed by atoms with van der Waals surface area (Å²) in [7, 11) is 1.89. The van der Waals surface area contributed by atoms with Crippen molar-refractivity contribution in [1.82, 2.24) is 14.8 Å². The molecule has 1 aromatic heterocycles. The first-order valence-corrected chi connectivity index (χ1v) is 12.4. The largest absolute Gasteiger partial charge is 0.573 e. The third-order valence-electron chi connectivity index (χ3n) is 6.80. The maximum absolute atomic E-state index is 12.7. The first-order valence-electron chi connectivity index (χ1n) is 12.4. The molecular weight excluding hydrogens is 496 g/mol. The smallest absolute Gasteiger partial charge is 0.406 e. The van der Waals surface area contributed by atoms with Gasteiger partial charge in [0, 0.05) is 42.2 Å². The highest BCUT2D eigenvalue weighted by molar-refractivity contribution is 5.96. The minimum Gasteiger partial charge on any atom is -0.406 e. The van der Waals surface area contributed by atoms with Crippen molar-refractivity contribution < 1.29 is 31.1 Å². The fourth-order valence-corrected chi connectivity index (χ4v) is 5.05. The Morgan fingerprint density at radius 2 is 1.68 bits per heavy atom. The number of aromatic nitrogens is 1. The van der Waals surface area contributed by atoms with Crippen molar-refractivity contribution in [2.45, 2.75) is 51.3 Å². The second-order valence-electron chi connectivity index (χ2n) is 9.66. The van der Waals surface area contributed by atoms with Gasteiger partial charge in [-0.1, -0.05) is 18.2 Å². The number of halogens is 6. The van der Waals surface area contributed by atoms with Crippen molar-refractivity contribution in [3.8, 4) is 16.9 Å². The lowest BCUT2D eigenvalue weighted by atomic mass is 9.93. The zero-order valence-electron chi connectivity index (χ0n) is 20.6. The molecule has 3 aromatic rings. The van der Waals surface area contributed by atoms with Gasteiger partial charge in [0.15, 0.2) is 0 Å². The van der Waals surface area contributed by atoms with E-state index in [-0.39, 0.29) is 11.7 Å². The Balaban J connectivity index is 1.55. The van der Waals surface area contributed by atoms with E-state index in [1.165, 1.54) is 12.1 Å². The van der Waals surface area contributed by atoms with Crippen LogP contribution in [0.25, 0.3) is 22.0 Å². The van der Waals surface area contributed by atoms with E-state index in [1.54, 1.807) is 12.1 Å². The Labute approximate surface area is 212 Å². The lowest BCUT2D eigenvalue weighted by Crippen LogP contribution is -2.34. The van der Waals surface area contributed by atoms with Crippen molar-refractivity contribution in [1.29, 1.82) is 0 Å². The van der Waals surface area contributed by atoms with Gasteiger partial charge in [-0.15, -0.1) is 13.2 Å². The zero-order valence-corrected chi connectivity index (χ0v) is 20.6. The Morgan fingerprint density at radius 3 is 2.30 bits per heavy atom. The molecule has 1 saturated heterocycles. The second-order valence-corrected chi connectivity index (χ2v) is 9.66. The van der Waals surface area contributed by atoms with E-state index in [0.717, 1.165) is 47.1 Å². The third-order valence-corrected chi connectivity index (χ3v) is 6.80. The molecular formula is C27H31F6N3O. The Kier molecular flexibility index (Phi) is 8.38. The van der Waals surface area contributed by atoms with Gasteiger partial charge in [0.1, 0.15) is 5.75 Å². The molecule has 0 aliphatic carbocycles. The summed E-state index contributed by atoms with van der Waals surface area (Å²) in [5.74, 6) is -0.593. The molecule has 2 heterocycles. The number of fused-ring (bicyclic) bond motifs is 1. The molecule has 0 saturated carbocycles. The minimum absolute atomic E-state index is 0.274. The molecule has 202 valence electrons. The number of aryl methyl sites for hydroxylation is 1. The van der Waals surface area contributed by atoms with Gasteiger partial charge in [0.2, 0.25) is 0 Å². The standard InChI is InChI=1S/C27H31F6N3O/c1-34-11-2-12-36-18-24(21-4-6-22(7-5-21)37-27(31,32)33)23-15-20(3-8-25(23)36)17-35-13-9-19(10-14-35)16-26(28,29)30/h3-8,15,18-19,34H,2,9-14,16-17H2,1H3. The number of hydrogen-bond acceptors (Lipinski definition) is 3. The number of ether oxygens (including phenoxy) is 1. The molecule has 0 radical (unpaired) electrons. The number of hydrogen-bond donors (Lipinski definition) is 1. The lowest BCUT2D eigenvalue weighted by Gasteiger charge is -2.32. The van der Waals surface area contributed by atoms with Gasteiger partial charge < -0.3 is 14.6 Å². The molecule has 37 heavy (non-hydrogen) atoms. The van der Waals surface area contributed by atoms with Crippen LogP contribution in [0.5, 0.6) is 5.75 Å². The van der Waals surface area contributed by atoms with E-state index in [2.05, 4.69) is 25.6 Å². The average Bonchev–Trinajstić information content (AvgIpc) is 3.17. The molecule has 4 nitrogen and oxygen atoms in total. The minimum atomic E-state index is -4.75. The highest BCUT2D eigenvalue weighted by Crippen LogP contribution is 2.35. The van der Waals surface area contributed by atoms with Crippen molar-refractivity contribution >= 4 is 10.9 Å². The molecule has 1 fully saturated rings. The molecule has 2 aromatic carbocycles. The van der Waals surface area contributed by atoms with Crippen LogP contribution in [-0.2, 0) is 13.1 Å². The lowest BCUT2D eigenvalue weighted by molar-refractivity contribution is -0.274. The van der Waals surface area contributed by atoms with E-state index in [9.17, 15) is 26.3 Å². The topological polar surface area (TPSA) is 29.4 Å². The number of benzene rings is 2. The van der Waals surface area contributed by atoms with Crippen LogP contribution < -0.4 is 10.1 Å². The summed E-state index contributed by atoms with van der Waals surface area (Å²) in [5, 5.41) is 4.12. The van der Waals surface area contributed by atoms with Crippen molar-refractivity contribution in [3.05, 3.63) is 54.2 Å². The van der Waals surface area contributed by atoms with Gasteiger partial charge in [-0.05, 0) is 87.3 Å². The van der Waals surface area contributed by atoms with Crippen LogP contribution in [0.15, 0.2) is 48.7 Å². The average molecular weight is 528 g/mol. The van der Waals surface area contributed by atoms with Crippen LogP contribution >= 0.6 is 0 Å². The van der Waals surface area contributed by atoms with E-state index >= 15 is 0 Å². The summed E-state index contributed by atoms with van der Waals surface area (Å²) >= 11 is 0. The van der Waals surface area contributed by atoms with Crippen molar-refractivity contribution in [2.75, 3.05) is 26.7 Å². The fraction of sp³-hybridized carbons (Fsp3) is 0.481. The number of likely N-dealkylation sites (tertiary alicyclic amines) is 1. The molecule has 0 amide bonds. The Bertz CT molecular complexity index is 1160. The summed E-state index contributed by atoms with van der Waals surface area (Å²) in [6.45, 7) is 3.51. The van der Waals surface area contributed by atoms with Gasteiger partial charge in [0.05, 0.1) is 0 Å². The molecule has 4 rings (SSSR count). The maximum Gasteiger partial charge on any atom is 0.573 e. The SMILES string of the molecule is CNCCCn1cc(-c2ccc(OC(F)(F)F)cc2)c2cc(CN3CCC(CC(F)(F)F)CC3)ccc21. The Hall–Kier alpha value is -2.72. The summed E-state index contributed by atoms with van der Waals surface area (Å²) in [6, 6.07) is 12.0. The maximum atomic E-state index is 12.7. The summed E-state index contributed by atoms with van der Waals surface area (Å²) in [5.41, 5.74) is 3.75. The predicted molar refractivity (Wildman–Crippen MR) is 131 cm³/mol. The molecule has 1 N–H and O–H groups in total. The molecule has 10 heteroatoms. The van der Waals surface area contributed by atoms with E-state index < -0.39 is 19.0 Å². The molecule has 1 aliphatic rings. The predicted octanol–water partition coefficient (Wildman–Crippen LogP) is 6.98. The van der Waals surface area contributed by atoms with Crippen molar-refractivity contribution in [2.24, 2.45) is 5.92 Å². The van der Waals surface area contributed by atoms with E-state index in [1.807, 2.05) is 25.4 Å². The molecule has 1 aliphatic heterocycles. The van der Waals surface area contributed by atoms with Gasteiger partial charge in [-0.25, -0.2) is 0 Å². The van der Waals surface area contributed by atoms with Crippen molar-refractivity contribution in [3.63, 3.8) is 0 Å². The highest BCUT2D eigenvalue weighted by atomic mass is 19.4. The number of nitrogens with zero attached hydrogens (tertiary/aromatic N) is 2. The van der Waals surface area contributed by atoms with Crippen LogP contribution in [0, 0.1) is 5.92 Å². The van der Waals surface area contributed by atoms with E-state index in [4.69, 9.17) is 0 Å². The molecule has 0 unspecified atom stereocenters. The highest BCUT2D eigenvalue weighted by Gasteiger charge is 2.33. The first-order chi connectivity index (χ1) is 17.5. The van der Waals surface area contributed by atoms with Crippen LogP contribution in [0.1, 0.15) is 31.2 Å². The molecule has 0 bridgehead atoms. The summed E-state index contributed by atoms with van der Waals surface area (Å²) in [6.07, 6.45) is -5.60. The monoisotopic (exact) mass is 527 g/mol.